The van der Waals surface area contributed by atoms with Crippen molar-refractivity contribution in [3.05, 3.63) is 71.0 Å². The number of halogens is 1. The highest BCUT2D eigenvalue weighted by atomic mass is 35.5. The van der Waals surface area contributed by atoms with Crippen LogP contribution in [0.15, 0.2) is 59.8 Å². The molecule has 0 unspecified atom stereocenters. The third kappa shape index (κ3) is 4.65. The predicted molar refractivity (Wildman–Crippen MR) is 126 cm³/mol. The Kier molecular flexibility index (Phi) is 6.11. The number of benzene rings is 2. The lowest BCUT2D eigenvalue weighted by Gasteiger charge is -2.16. The van der Waals surface area contributed by atoms with Gasteiger partial charge in [0.15, 0.2) is 5.65 Å². The van der Waals surface area contributed by atoms with Gasteiger partial charge in [0.1, 0.15) is 11.3 Å². The Balaban J connectivity index is 1.49. The Labute approximate surface area is 189 Å². The number of carbonyl (C=O) groups excluding carboxylic acids is 1. The molecule has 4 rings (SSSR count). The van der Waals surface area contributed by atoms with E-state index in [9.17, 15) is 4.79 Å². The van der Waals surface area contributed by atoms with E-state index in [1.807, 2.05) is 44.5 Å². The van der Waals surface area contributed by atoms with Crippen molar-refractivity contribution >= 4 is 51.9 Å². The minimum atomic E-state index is -0.183. The van der Waals surface area contributed by atoms with Crippen LogP contribution >= 0.6 is 23.4 Å². The number of nitrogens with one attached hydrogen (secondary N) is 2. The van der Waals surface area contributed by atoms with E-state index in [1.165, 1.54) is 11.8 Å². The van der Waals surface area contributed by atoms with Crippen LogP contribution in [-0.4, -0.2) is 31.9 Å². The Hall–Kier alpha value is -3.10. The Morgan fingerprint density at radius 1 is 1.19 bits per heavy atom. The normalized spacial score (nSPS) is 12.0. The summed E-state index contributed by atoms with van der Waals surface area (Å²) in [6.07, 6.45) is 5.30. The summed E-state index contributed by atoms with van der Waals surface area (Å²) in [6, 6.07) is 12.9. The van der Waals surface area contributed by atoms with E-state index >= 15 is 0 Å². The van der Waals surface area contributed by atoms with E-state index in [0.29, 0.717) is 27.7 Å². The second-order valence-corrected chi connectivity index (χ2v) is 8.28. The lowest BCUT2D eigenvalue weighted by molar-refractivity contribution is 0.102. The maximum Gasteiger partial charge on any atom is 0.255 e. The van der Waals surface area contributed by atoms with Gasteiger partial charge in [-0.2, -0.15) is 5.10 Å². The van der Waals surface area contributed by atoms with Crippen LogP contribution < -0.4 is 10.6 Å². The molecule has 4 aromatic rings. The van der Waals surface area contributed by atoms with Gasteiger partial charge in [0.05, 0.1) is 23.5 Å². The number of hydrogen-bond acceptors (Lipinski definition) is 6. The molecule has 1 amide bonds. The van der Waals surface area contributed by atoms with Crippen molar-refractivity contribution in [1.82, 2.24) is 19.7 Å². The number of aromatic nitrogens is 4. The summed E-state index contributed by atoms with van der Waals surface area (Å²) >= 11 is 7.65. The van der Waals surface area contributed by atoms with E-state index in [4.69, 9.17) is 11.6 Å². The van der Waals surface area contributed by atoms with E-state index in [2.05, 4.69) is 25.7 Å². The van der Waals surface area contributed by atoms with Gasteiger partial charge in [0, 0.05) is 23.2 Å². The smallest absolute Gasteiger partial charge is 0.255 e. The van der Waals surface area contributed by atoms with Crippen LogP contribution in [0.25, 0.3) is 11.2 Å². The monoisotopic (exact) mass is 452 g/mol. The van der Waals surface area contributed by atoms with Gasteiger partial charge in [-0.25, -0.2) is 14.6 Å². The van der Waals surface area contributed by atoms with Crippen molar-refractivity contribution in [2.24, 2.45) is 7.05 Å². The van der Waals surface area contributed by atoms with Gasteiger partial charge < -0.3 is 10.6 Å². The highest BCUT2D eigenvalue weighted by Gasteiger charge is 2.12. The standard InChI is InChI=1S/C22H21ClN6OS/c1-13(26-20-12-24-18-11-25-29(2)21(18)28-20)14-5-4-6-16(9-14)27-22(30)15-7-8-17(23)19(10-15)31-3/h4-13H,1-3H3,(H,26,28)(H,27,30)/t13-/m0/s1. The van der Waals surface area contributed by atoms with Crippen LogP contribution in [0.3, 0.4) is 0 Å². The third-order valence-electron chi connectivity index (χ3n) is 4.86. The number of carbonyl (C=O) groups is 1. The lowest BCUT2D eigenvalue weighted by Crippen LogP contribution is -2.13. The van der Waals surface area contributed by atoms with E-state index in [0.717, 1.165) is 16.0 Å². The van der Waals surface area contributed by atoms with Crippen LogP contribution in [0.4, 0.5) is 11.5 Å². The number of amides is 1. The van der Waals surface area contributed by atoms with Gasteiger partial charge in [-0.3, -0.25) is 4.79 Å². The van der Waals surface area contributed by atoms with Gasteiger partial charge >= 0.3 is 0 Å². The van der Waals surface area contributed by atoms with E-state index in [-0.39, 0.29) is 11.9 Å². The molecule has 7 nitrogen and oxygen atoms in total. The molecular formula is C22H21ClN6OS. The first kappa shape index (κ1) is 21.1. The molecule has 0 bridgehead atoms. The van der Waals surface area contributed by atoms with Gasteiger partial charge in [-0.05, 0) is 49.1 Å². The molecular weight excluding hydrogens is 432 g/mol. The minimum absolute atomic E-state index is 0.0459. The number of nitrogens with zero attached hydrogens (tertiary/aromatic N) is 4. The Morgan fingerprint density at radius 2 is 2.03 bits per heavy atom. The Morgan fingerprint density at radius 3 is 2.84 bits per heavy atom. The first-order chi connectivity index (χ1) is 14.9. The van der Waals surface area contributed by atoms with Crippen molar-refractivity contribution in [1.29, 1.82) is 0 Å². The molecule has 0 saturated heterocycles. The SMILES string of the molecule is CSc1cc(C(=O)Nc2cccc([C@H](C)Nc3cnc4cnn(C)c4n3)c2)ccc1Cl. The number of anilines is 2. The molecule has 2 aromatic carbocycles. The molecule has 1 atom stereocenters. The molecule has 2 aromatic heterocycles. The quantitative estimate of drug-likeness (QED) is 0.393. The minimum Gasteiger partial charge on any atom is -0.362 e. The highest BCUT2D eigenvalue weighted by Crippen LogP contribution is 2.27. The van der Waals surface area contributed by atoms with Crippen LogP contribution in [0.2, 0.25) is 5.02 Å². The number of hydrogen-bond donors (Lipinski definition) is 2. The third-order valence-corrected chi connectivity index (χ3v) is 6.08. The predicted octanol–water partition coefficient (Wildman–Crippen LogP) is 5.16. The fourth-order valence-electron chi connectivity index (χ4n) is 3.18. The summed E-state index contributed by atoms with van der Waals surface area (Å²) in [5, 5.41) is 11.1. The first-order valence-electron chi connectivity index (χ1n) is 9.60. The molecule has 0 aliphatic carbocycles. The summed E-state index contributed by atoms with van der Waals surface area (Å²) in [6.45, 7) is 2.03. The molecule has 2 N–H and O–H groups in total. The summed E-state index contributed by atoms with van der Waals surface area (Å²) in [5.74, 6) is 0.473. The van der Waals surface area contributed by atoms with E-state index < -0.39 is 0 Å². The molecule has 2 heterocycles. The number of fused-ring (bicyclic) bond motifs is 1. The summed E-state index contributed by atoms with van der Waals surface area (Å²) in [7, 11) is 1.83. The van der Waals surface area contributed by atoms with Crippen molar-refractivity contribution in [2.45, 2.75) is 17.9 Å². The van der Waals surface area contributed by atoms with Crippen LogP contribution in [0.1, 0.15) is 28.9 Å². The molecule has 158 valence electrons. The molecule has 0 fully saturated rings. The molecule has 9 heteroatoms. The van der Waals surface area contributed by atoms with Gasteiger partial charge in [-0.1, -0.05) is 23.7 Å². The molecule has 0 saturated carbocycles. The van der Waals surface area contributed by atoms with E-state index in [1.54, 1.807) is 35.3 Å². The van der Waals surface area contributed by atoms with Crippen molar-refractivity contribution < 1.29 is 4.79 Å². The van der Waals surface area contributed by atoms with Gasteiger partial charge in [0.2, 0.25) is 0 Å². The average Bonchev–Trinajstić information content (AvgIpc) is 3.14. The zero-order valence-corrected chi connectivity index (χ0v) is 18.8. The Bertz CT molecular complexity index is 1260. The van der Waals surface area contributed by atoms with Crippen LogP contribution in [0.5, 0.6) is 0 Å². The number of rotatable bonds is 6. The maximum absolute atomic E-state index is 12.7. The number of thioether (sulfide) groups is 1. The second kappa shape index (κ2) is 8.95. The highest BCUT2D eigenvalue weighted by molar-refractivity contribution is 7.98. The molecule has 0 aliphatic rings. The molecule has 0 radical (unpaired) electrons. The largest absolute Gasteiger partial charge is 0.362 e. The molecule has 31 heavy (non-hydrogen) atoms. The maximum atomic E-state index is 12.7. The van der Waals surface area contributed by atoms with Gasteiger partial charge in [-0.15, -0.1) is 11.8 Å². The van der Waals surface area contributed by atoms with Crippen molar-refractivity contribution in [2.75, 3.05) is 16.9 Å². The fourth-order valence-corrected chi connectivity index (χ4v) is 4.04. The van der Waals surface area contributed by atoms with Crippen molar-refractivity contribution in [3.8, 4) is 0 Å². The fraction of sp³-hybridized carbons (Fsp3) is 0.182. The average molecular weight is 453 g/mol. The summed E-state index contributed by atoms with van der Waals surface area (Å²) < 4.78 is 1.69. The van der Waals surface area contributed by atoms with Gasteiger partial charge in [0.25, 0.3) is 5.91 Å². The first-order valence-corrected chi connectivity index (χ1v) is 11.2. The molecule has 0 aliphatic heterocycles. The summed E-state index contributed by atoms with van der Waals surface area (Å²) in [5.41, 5.74) is 3.74. The summed E-state index contributed by atoms with van der Waals surface area (Å²) in [4.78, 5) is 22.5. The second-order valence-electron chi connectivity index (χ2n) is 7.03. The zero-order valence-electron chi connectivity index (χ0n) is 17.3. The molecule has 0 spiro atoms. The topological polar surface area (TPSA) is 84.7 Å². The lowest BCUT2D eigenvalue weighted by atomic mass is 10.1. The van der Waals surface area contributed by atoms with Crippen LogP contribution in [0, 0.1) is 0 Å². The van der Waals surface area contributed by atoms with Crippen molar-refractivity contribution in [3.63, 3.8) is 0 Å². The number of aryl methyl sites for hydroxylation is 1. The van der Waals surface area contributed by atoms with Crippen LogP contribution in [-0.2, 0) is 7.05 Å². The zero-order chi connectivity index (χ0) is 22.0.